The summed E-state index contributed by atoms with van der Waals surface area (Å²) in [5.74, 6) is 0. The topological polar surface area (TPSA) is 26.0 Å². The van der Waals surface area contributed by atoms with Gasteiger partial charge in [0.1, 0.15) is 0 Å². The van der Waals surface area contributed by atoms with E-state index < -0.39 is 0 Å². The van der Waals surface area contributed by atoms with E-state index in [9.17, 15) is 0 Å². The predicted octanol–water partition coefficient (Wildman–Crippen LogP) is 4.79. The SMILES string of the molecule is Nc1ccc(Sc2ccc(Br)c(I)c2)cc1. The van der Waals surface area contributed by atoms with Crippen molar-refractivity contribution in [3.8, 4) is 0 Å². The molecular formula is C12H9BrINS. The van der Waals surface area contributed by atoms with Gasteiger partial charge in [-0.25, -0.2) is 0 Å². The standard InChI is InChI=1S/C12H9BrINS/c13-11-6-5-10(7-12(11)14)16-9-3-1-8(15)2-4-9/h1-7H,15H2. The van der Waals surface area contributed by atoms with E-state index >= 15 is 0 Å². The molecule has 0 bridgehead atoms. The Hall–Kier alpha value is -0.200. The van der Waals surface area contributed by atoms with Crippen LogP contribution in [-0.4, -0.2) is 0 Å². The summed E-state index contributed by atoms with van der Waals surface area (Å²) in [4.78, 5) is 2.43. The second-order valence-corrected chi connectivity index (χ2v) is 6.41. The highest BCUT2D eigenvalue weighted by Crippen LogP contribution is 2.31. The first-order valence-corrected chi connectivity index (χ1v) is 7.32. The fourth-order valence-electron chi connectivity index (χ4n) is 1.21. The third-order valence-electron chi connectivity index (χ3n) is 2.01. The Labute approximate surface area is 121 Å². The lowest BCUT2D eigenvalue weighted by atomic mass is 10.3. The number of nitrogen functional groups attached to an aromatic ring is 1. The molecule has 2 rings (SSSR count). The zero-order valence-corrected chi connectivity index (χ0v) is 12.8. The molecule has 0 aliphatic heterocycles. The van der Waals surface area contributed by atoms with Crippen molar-refractivity contribution >= 4 is 56.0 Å². The van der Waals surface area contributed by atoms with Crippen LogP contribution in [0.15, 0.2) is 56.7 Å². The molecule has 4 heteroatoms. The maximum absolute atomic E-state index is 5.65. The lowest BCUT2D eigenvalue weighted by Crippen LogP contribution is -1.83. The summed E-state index contributed by atoms with van der Waals surface area (Å²) in [5, 5.41) is 0. The van der Waals surface area contributed by atoms with Crippen molar-refractivity contribution in [3.63, 3.8) is 0 Å². The van der Waals surface area contributed by atoms with Crippen molar-refractivity contribution in [1.82, 2.24) is 0 Å². The minimum Gasteiger partial charge on any atom is -0.399 e. The molecule has 0 aliphatic carbocycles. The highest BCUT2D eigenvalue weighted by Gasteiger charge is 2.00. The Morgan fingerprint density at radius 2 is 1.62 bits per heavy atom. The maximum Gasteiger partial charge on any atom is 0.0314 e. The van der Waals surface area contributed by atoms with Crippen molar-refractivity contribution < 1.29 is 0 Å². The molecule has 82 valence electrons. The maximum atomic E-state index is 5.65. The van der Waals surface area contributed by atoms with Gasteiger partial charge >= 0.3 is 0 Å². The monoisotopic (exact) mass is 405 g/mol. The summed E-state index contributed by atoms with van der Waals surface area (Å²) in [6.45, 7) is 0. The van der Waals surface area contributed by atoms with Crippen LogP contribution in [-0.2, 0) is 0 Å². The van der Waals surface area contributed by atoms with E-state index in [-0.39, 0.29) is 0 Å². The number of hydrogen-bond acceptors (Lipinski definition) is 2. The minimum absolute atomic E-state index is 0.801. The van der Waals surface area contributed by atoms with E-state index in [0.29, 0.717) is 0 Å². The van der Waals surface area contributed by atoms with E-state index in [0.717, 1.165) is 10.2 Å². The molecule has 0 amide bonds. The van der Waals surface area contributed by atoms with E-state index in [2.05, 4.69) is 56.7 Å². The van der Waals surface area contributed by atoms with Crippen LogP contribution in [0.4, 0.5) is 5.69 Å². The first-order valence-electron chi connectivity index (χ1n) is 4.63. The first-order chi connectivity index (χ1) is 7.65. The molecule has 16 heavy (non-hydrogen) atoms. The lowest BCUT2D eigenvalue weighted by Gasteiger charge is -2.03. The van der Waals surface area contributed by atoms with Gasteiger partial charge in [0, 0.05) is 23.5 Å². The van der Waals surface area contributed by atoms with Gasteiger partial charge in [-0.2, -0.15) is 0 Å². The van der Waals surface area contributed by atoms with Crippen LogP contribution in [0.3, 0.4) is 0 Å². The summed E-state index contributed by atoms with van der Waals surface area (Å²) in [5.41, 5.74) is 6.45. The molecule has 0 heterocycles. The van der Waals surface area contributed by atoms with Crippen LogP contribution in [0.25, 0.3) is 0 Å². The fourth-order valence-corrected chi connectivity index (χ4v) is 3.04. The molecule has 0 unspecified atom stereocenters. The van der Waals surface area contributed by atoms with Gasteiger partial charge < -0.3 is 5.73 Å². The normalized spacial score (nSPS) is 10.4. The number of anilines is 1. The summed E-state index contributed by atoms with van der Waals surface area (Å²) in [7, 11) is 0. The summed E-state index contributed by atoms with van der Waals surface area (Å²) in [6, 6.07) is 14.3. The van der Waals surface area contributed by atoms with Crippen LogP contribution in [0.5, 0.6) is 0 Å². The van der Waals surface area contributed by atoms with Gasteiger partial charge in [0.2, 0.25) is 0 Å². The van der Waals surface area contributed by atoms with Crippen molar-refractivity contribution in [3.05, 3.63) is 50.5 Å². The molecule has 0 spiro atoms. The molecule has 2 N–H and O–H groups in total. The van der Waals surface area contributed by atoms with Crippen molar-refractivity contribution in [2.24, 2.45) is 0 Å². The second-order valence-electron chi connectivity index (χ2n) is 3.25. The smallest absolute Gasteiger partial charge is 0.0314 e. The summed E-state index contributed by atoms with van der Waals surface area (Å²) < 4.78 is 2.35. The molecule has 0 aliphatic rings. The number of benzene rings is 2. The quantitative estimate of drug-likeness (QED) is 0.574. The Bertz CT molecular complexity index is 499. The number of hydrogen-bond donors (Lipinski definition) is 1. The molecule has 0 aromatic heterocycles. The molecule has 2 aromatic carbocycles. The van der Waals surface area contributed by atoms with Crippen LogP contribution < -0.4 is 5.73 Å². The molecule has 1 nitrogen and oxygen atoms in total. The fraction of sp³-hybridized carbons (Fsp3) is 0. The van der Waals surface area contributed by atoms with E-state index in [1.807, 2.05) is 24.3 Å². The Morgan fingerprint density at radius 1 is 1.00 bits per heavy atom. The number of rotatable bonds is 2. The first kappa shape index (κ1) is 12.3. The van der Waals surface area contributed by atoms with Crippen molar-refractivity contribution in [2.45, 2.75) is 9.79 Å². The Balaban J connectivity index is 2.20. The number of halogens is 2. The molecule has 0 saturated carbocycles. The molecule has 0 atom stereocenters. The molecule has 0 saturated heterocycles. The van der Waals surface area contributed by atoms with Crippen LogP contribution in [0.2, 0.25) is 0 Å². The van der Waals surface area contributed by atoms with Crippen molar-refractivity contribution in [1.29, 1.82) is 0 Å². The van der Waals surface area contributed by atoms with Gasteiger partial charge in [-0.1, -0.05) is 11.8 Å². The Kier molecular flexibility index (Phi) is 4.16. The van der Waals surface area contributed by atoms with E-state index in [1.54, 1.807) is 11.8 Å². The Morgan fingerprint density at radius 3 is 2.25 bits per heavy atom. The predicted molar refractivity (Wildman–Crippen MR) is 81.8 cm³/mol. The second kappa shape index (κ2) is 5.42. The largest absolute Gasteiger partial charge is 0.399 e. The van der Waals surface area contributed by atoms with Crippen LogP contribution >= 0.6 is 50.3 Å². The summed E-state index contributed by atoms with van der Waals surface area (Å²) in [6.07, 6.45) is 0. The molecule has 2 aromatic rings. The highest BCUT2D eigenvalue weighted by atomic mass is 127. The number of nitrogens with two attached hydrogens (primary N) is 1. The van der Waals surface area contributed by atoms with Crippen LogP contribution in [0.1, 0.15) is 0 Å². The molecular weight excluding hydrogens is 397 g/mol. The van der Waals surface area contributed by atoms with Gasteiger partial charge in [-0.3, -0.25) is 0 Å². The third kappa shape index (κ3) is 3.15. The lowest BCUT2D eigenvalue weighted by molar-refractivity contribution is 1.38. The van der Waals surface area contributed by atoms with E-state index in [4.69, 9.17) is 5.73 Å². The average molecular weight is 406 g/mol. The third-order valence-corrected chi connectivity index (χ3v) is 5.33. The van der Waals surface area contributed by atoms with Gasteiger partial charge in [-0.15, -0.1) is 0 Å². The van der Waals surface area contributed by atoms with Gasteiger partial charge in [0.05, 0.1) is 0 Å². The zero-order valence-electron chi connectivity index (χ0n) is 8.28. The highest BCUT2D eigenvalue weighted by molar-refractivity contribution is 14.1. The molecule has 0 fully saturated rings. The van der Waals surface area contributed by atoms with Gasteiger partial charge in [-0.05, 0) is 81.0 Å². The van der Waals surface area contributed by atoms with E-state index in [1.165, 1.54) is 13.4 Å². The summed E-state index contributed by atoms with van der Waals surface area (Å²) >= 11 is 7.55. The van der Waals surface area contributed by atoms with Crippen LogP contribution in [0, 0.1) is 3.57 Å². The van der Waals surface area contributed by atoms with Crippen molar-refractivity contribution in [2.75, 3.05) is 5.73 Å². The minimum atomic E-state index is 0.801. The van der Waals surface area contributed by atoms with Gasteiger partial charge in [0.25, 0.3) is 0 Å². The molecule has 0 radical (unpaired) electrons. The van der Waals surface area contributed by atoms with Gasteiger partial charge in [0.15, 0.2) is 0 Å². The average Bonchev–Trinajstić information content (AvgIpc) is 2.27. The zero-order chi connectivity index (χ0) is 11.5.